The van der Waals surface area contributed by atoms with Crippen molar-refractivity contribution in [2.24, 2.45) is 12.8 Å². The van der Waals surface area contributed by atoms with Crippen molar-refractivity contribution in [1.82, 2.24) is 14.8 Å². The molecule has 0 aliphatic rings. The van der Waals surface area contributed by atoms with E-state index < -0.39 is 0 Å². The predicted molar refractivity (Wildman–Crippen MR) is 77.4 cm³/mol. The number of aromatic nitrogens is 3. The van der Waals surface area contributed by atoms with E-state index >= 15 is 0 Å². The molecule has 0 fully saturated rings. The fourth-order valence-corrected chi connectivity index (χ4v) is 2.86. The molecule has 2 atom stereocenters. The van der Waals surface area contributed by atoms with Crippen LogP contribution in [0.25, 0.3) is 0 Å². The SMILES string of the molecule is CC(N)C(Sc1ccc(Br)cn1)c1cnn(C)c1. The van der Waals surface area contributed by atoms with Crippen LogP contribution in [0, 0.1) is 0 Å². The fraction of sp³-hybridized carbons (Fsp3) is 0.333. The van der Waals surface area contributed by atoms with Gasteiger partial charge < -0.3 is 5.73 Å². The standard InChI is InChI=1S/C12H15BrN4S/c1-8(14)12(9-5-16-17(2)7-9)18-11-4-3-10(13)6-15-11/h3-8,12H,14H2,1-2H3. The van der Waals surface area contributed by atoms with E-state index in [0.717, 1.165) is 15.1 Å². The maximum atomic E-state index is 6.06. The van der Waals surface area contributed by atoms with Crippen LogP contribution in [-0.2, 0) is 7.05 Å². The highest BCUT2D eigenvalue weighted by Gasteiger charge is 2.19. The summed E-state index contributed by atoms with van der Waals surface area (Å²) in [6.07, 6.45) is 5.66. The molecule has 96 valence electrons. The van der Waals surface area contributed by atoms with Crippen molar-refractivity contribution in [2.45, 2.75) is 23.2 Å². The summed E-state index contributed by atoms with van der Waals surface area (Å²) in [5.41, 5.74) is 7.19. The van der Waals surface area contributed by atoms with Gasteiger partial charge in [-0.25, -0.2) is 4.98 Å². The minimum absolute atomic E-state index is 0.0321. The number of nitrogens with two attached hydrogens (primary N) is 1. The monoisotopic (exact) mass is 326 g/mol. The molecule has 0 aliphatic carbocycles. The molecular formula is C12H15BrN4S. The highest BCUT2D eigenvalue weighted by atomic mass is 79.9. The number of halogens is 1. The van der Waals surface area contributed by atoms with Crippen LogP contribution in [0.15, 0.2) is 40.2 Å². The lowest BCUT2D eigenvalue weighted by Gasteiger charge is -2.18. The van der Waals surface area contributed by atoms with Gasteiger partial charge in [-0.15, -0.1) is 0 Å². The quantitative estimate of drug-likeness (QED) is 0.878. The Kier molecular flexibility index (Phi) is 4.42. The molecule has 0 spiro atoms. The van der Waals surface area contributed by atoms with E-state index in [1.807, 2.05) is 38.5 Å². The summed E-state index contributed by atoms with van der Waals surface area (Å²) in [4.78, 5) is 4.37. The maximum Gasteiger partial charge on any atom is 0.0967 e. The van der Waals surface area contributed by atoms with Crippen LogP contribution in [0.3, 0.4) is 0 Å². The van der Waals surface area contributed by atoms with Crippen LogP contribution in [0.2, 0.25) is 0 Å². The van der Waals surface area contributed by atoms with Gasteiger partial charge in [0.05, 0.1) is 16.5 Å². The summed E-state index contributed by atoms with van der Waals surface area (Å²) < 4.78 is 2.77. The van der Waals surface area contributed by atoms with E-state index in [0.29, 0.717) is 0 Å². The zero-order valence-corrected chi connectivity index (χ0v) is 12.6. The van der Waals surface area contributed by atoms with Crippen LogP contribution in [0.4, 0.5) is 0 Å². The summed E-state index contributed by atoms with van der Waals surface area (Å²) in [5.74, 6) is 0. The zero-order chi connectivity index (χ0) is 13.1. The van der Waals surface area contributed by atoms with Crippen molar-refractivity contribution in [2.75, 3.05) is 0 Å². The maximum absolute atomic E-state index is 6.06. The van der Waals surface area contributed by atoms with Crippen LogP contribution >= 0.6 is 27.7 Å². The molecule has 2 rings (SSSR count). The lowest BCUT2D eigenvalue weighted by Crippen LogP contribution is -2.22. The first-order valence-corrected chi connectivity index (χ1v) is 7.26. The third-order valence-corrected chi connectivity index (χ3v) is 4.39. The second-order valence-electron chi connectivity index (χ2n) is 4.16. The predicted octanol–water partition coefficient (Wildman–Crippen LogP) is 2.76. The first-order valence-electron chi connectivity index (χ1n) is 5.58. The van der Waals surface area contributed by atoms with Crippen molar-refractivity contribution in [1.29, 1.82) is 0 Å². The molecule has 0 saturated carbocycles. The van der Waals surface area contributed by atoms with E-state index in [1.54, 1.807) is 22.6 Å². The Bertz CT molecular complexity index is 509. The zero-order valence-electron chi connectivity index (χ0n) is 10.2. The van der Waals surface area contributed by atoms with E-state index in [1.165, 1.54) is 0 Å². The van der Waals surface area contributed by atoms with E-state index in [2.05, 4.69) is 26.0 Å². The summed E-state index contributed by atoms with van der Waals surface area (Å²) in [6, 6.07) is 4.00. The minimum Gasteiger partial charge on any atom is -0.327 e. The molecule has 0 amide bonds. The van der Waals surface area contributed by atoms with Crippen molar-refractivity contribution >= 4 is 27.7 Å². The first kappa shape index (κ1) is 13.6. The fourth-order valence-electron chi connectivity index (χ4n) is 1.63. The lowest BCUT2D eigenvalue weighted by molar-refractivity contribution is 0.717. The highest BCUT2D eigenvalue weighted by molar-refractivity contribution is 9.10. The second kappa shape index (κ2) is 5.86. The van der Waals surface area contributed by atoms with Gasteiger partial charge in [0, 0.05) is 35.5 Å². The molecule has 2 aromatic rings. The number of aryl methyl sites for hydroxylation is 1. The van der Waals surface area contributed by atoms with E-state index in [-0.39, 0.29) is 11.3 Å². The summed E-state index contributed by atoms with van der Waals surface area (Å²) in [7, 11) is 1.91. The first-order chi connectivity index (χ1) is 8.56. The Labute approximate surface area is 119 Å². The van der Waals surface area contributed by atoms with Gasteiger partial charge in [-0.1, -0.05) is 11.8 Å². The third-order valence-electron chi connectivity index (χ3n) is 2.48. The van der Waals surface area contributed by atoms with Crippen molar-refractivity contribution in [3.05, 3.63) is 40.8 Å². The Balaban J connectivity index is 2.19. The lowest BCUT2D eigenvalue weighted by atomic mass is 10.1. The number of hydrogen-bond acceptors (Lipinski definition) is 4. The number of thioether (sulfide) groups is 1. The normalized spacial score (nSPS) is 14.4. The van der Waals surface area contributed by atoms with Gasteiger partial charge in [-0.05, 0) is 35.0 Å². The van der Waals surface area contributed by atoms with E-state index in [9.17, 15) is 0 Å². The van der Waals surface area contributed by atoms with Crippen LogP contribution in [0.5, 0.6) is 0 Å². The second-order valence-corrected chi connectivity index (χ2v) is 6.24. The van der Waals surface area contributed by atoms with Gasteiger partial charge in [0.25, 0.3) is 0 Å². The molecule has 2 N–H and O–H groups in total. The number of pyridine rings is 1. The summed E-state index contributed by atoms with van der Waals surface area (Å²) in [6.45, 7) is 2.00. The smallest absolute Gasteiger partial charge is 0.0967 e. The van der Waals surface area contributed by atoms with Crippen molar-refractivity contribution in [3.8, 4) is 0 Å². The van der Waals surface area contributed by atoms with Crippen molar-refractivity contribution < 1.29 is 0 Å². The molecule has 0 aliphatic heterocycles. The number of hydrogen-bond donors (Lipinski definition) is 1. The molecule has 2 unspecified atom stereocenters. The Hall–Kier alpha value is -0.850. The number of rotatable bonds is 4. The van der Waals surface area contributed by atoms with Crippen LogP contribution < -0.4 is 5.73 Å². The molecule has 4 nitrogen and oxygen atoms in total. The Morgan fingerprint density at radius 2 is 2.17 bits per heavy atom. The third kappa shape index (κ3) is 3.34. The molecule has 2 aromatic heterocycles. The van der Waals surface area contributed by atoms with Gasteiger partial charge >= 0.3 is 0 Å². The topological polar surface area (TPSA) is 56.7 Å². The molecule has 6 heteroatoms. The number of nitrogens with zero attached hydrogens (tertiary/aromatic N) is 3. The minimum atomic E-state index is 0.0321. The average molecular weight is 327 g/mol. The molecule has 0 aromatic carbocycles. The average Bonchev–Trinajstić information content (AvgIpc) is 2.74. The van der Waals surface area contributed by atoms with Crippen LogP contribution in [0.1, 0.15) is 17.7 Å². The molecule has 2 heterocycles. The Morgan fingerprint density at radius 3 is 2.67 bits per heavy atom. The highest BCUT2D eigenvalue weighted by Crippen LogP contribution is 2.36. The summed E-state index contributed by atoms with van der Waals surface area (Å²) >= 11 is 5.04. The molecule has 0 radical (unpaired) electrons. The summed E-state index contributed by atoms with van der Waals surface area (Å²) in [5, 5.41) is 5.32. The molecule has 0 saturated heterocycles. The van der Waals surface area contributed by atoms with Crippen LogP contribution in [-0.4, -0.2) is 20.8 Å². The van der Waals surface area contributed by atoms with Gasteiger partial charge in [0.1, 0.15) is 0 Å². The Morgan fingerprint density at radius 1 is 1.39 bits per heavy atom. The largest absolute Gasteiger partial charge is 0.327 e. The van der Waals surface area contributed by atoms with Gasteiger partial charge in [0.2, 0.25) is 0 Å². The van der Waals surface area contributed by atoms with Crippen molar-refractivity contribution in [3.63, 3.8) is 0 Å². The van der Waals surface area contributed by atoms with Gasteiger partial charge in [-0.3, -0.25) is 4.68 Å². The molecule has 0 bridgehead atoms. The van der Waals surface area contributed by atoms with E-state index in [4.69, 9.17) is 5.73 Å². The molecule has 18 heavy (non-hydrogen) atoms. The van der Waals surface area contributed by atoms with Gasteiger partial charge in [0.15, 0.2) is 0 Å². The van der Waals surface area contributed by atoms with Gasteiger partial charge in [-0.2, -0.15) is 5.10 Å². The molecular weight excluding hydrogens is 312 g/mol.